The maximum Gasteiger partial charge on any atom is 0.433 e. The van der Waals surface area contributed by atoms with E-state index in [4.69, 9.17) is 0 Å². The summed E-state index contributed by atoms with van der Waals surface area (Å²) in [6.45, 7) is 6.00. The summed E-state index contributed by atoms with van der Waals surface area (Å²) in [4.78, 5) is 3.59. The van der Waals surface area contributed by atoms with Gasteiger partial charge in [-0.25, -0.2) is 0 Å². The van der Waals surface area contributed by atoms with Gasteiger partial charge in [-0.3, -0.25) is 4.98 Å². The number of rotatable bonds is 3. The molecule has 1 aliphatic rings. The molecule has 2 aromatic heterocycles. The van der Waals surface area contributed by atoms with E-state index in [2.05, 4.69) is 46.9 Å². The van der Waals surface area contributed by atoms with Crippen LogP contribution < -0.4 is 5.32 Å². The fourth-order valence-corrected chi connectivity index (χ4v) is 4.15. The van der Waals surface area contributed by atoms with Crippen molar-refractivity contribution in [1.29, 1.82) is 0 Å². The summed E-state index contributed by atoms with van der Waals surface area (Å²) >= 11 is 0. The summed E-state index contributed by atoms with van der Waals surface area (Å²) in [5.41, 5.74) is 5.18. The minimum absolute atomic E-state index is 0.401. The molecule has 1 N–H and O–H groups in total. The molecule has 1 aromatic carbocycles. The topological polar surface area (TPSA) is 29.9 Å². The number of hydrogen-bond acceptors (Lipinski definition) is 2. The summed E-state index contributed by atoms with van der Waals surface area (Å²) < 4.78 is 40.5. The smallest absolute Gasteiger partial charge is 0.344 e. The molecule has 0 saturated carbocycles. The highest BCUT2D eigenvalue weighted by molar-refractivity contribution is 5.86. The zero-order chi connectivity index (χ0) is 19.9. The molecule has 1 unspecified atom stereocenters. The fraction of sp³-hybridized carbons (Fsp3) is 0.409. The lowest BCUT2D eigenvalue weighted by atomic mass is 10.0. The standard InChI is InChI=1S/C22H24F3N3/c1-14-3-5-19-18(11-14)17-7-9-26-15(2)12-20(17)28(19)10-8-16-4-6-21(27-13-16)22(23,24)25/h3-6,11,13,15,26H,7-10,12H2,1-2H3. The van der Waals surface area contributed by atoms with Crippen molar-refractivity contribution in [2.24, 2.45) is 0 Å². The molecular weight excluding hydrogens is 363 g/mol. The van der Waals surface area contributed by atoms with Crippen molar-refractivity contribution >= 4 is 10.9 Å². The van der Waals surface area contributed by atoms with Gasteiger partial charge in [0.1, 0.15) is 5.69 Å². The molecule has 4 rings (SSSR count). The molecule has 0 bridgehead atoms. The van der Waals surface area contributed by atoms with E-state index in [1.165, 1.54) is 40.0 Å². The molecule has 1 aliphatic heterocycles. The number of hydrogen-bond donors (Lipinski definition) is 1. The summed E-state index contributed by atoms with van der Waals surface area (Å²) in [5.74, 6) is 0. The van der Waals surface area contributed by atoms with Gasteiger partial charge in [0, 0.05) is 41.8 Å². The number of fused-ring (bicyclic) bond motifs is 3. The summed E-state index contributed by atoms with van der Waals surface area (Å²) in [6.07, 6.45) is -0.450. The first kappa shape index (κ1) is 19.0. The number of aromatic nitrogens is 2. The molecule has 148 valence electrons. The summed E-state index contributed by atoms with van der Waals surface area (Å²) in [7, 11) is 0. The van der Waals surface area contributed by atoms with Gasteiger partial charge in [-0.2, -0.15) is 13.2 Å². The van der Waals surface area contributed by atoms with Crippen LogP contribution in [0.2, 0.25) is 0 Å². The van der Waals surface area contributed by atoms with Crippen LogP contribution in [0.15, 0.2) is 36.5 Å². The first-order chi connectivity index (χ1) is 13.3. The summed E-state index contributed by atoms with van der Waals surface area (Å²) in [5, 5.41) is 4.85. The molecule has 0 saturated heterocycles. The van der Waals surface area contributed by atoms with Crippen LogP contribution in [0.4, 0.5) is 13.2 Å². The lowest BCUT2D eigenvalue weighted by Gasteiger charge is -2.15. The van der Waals surface area contributed by atoms with Gasteiger partial charge in [0.05, 0.1) is 0 Å². The van der Waals surface area contributed by atoms with Gasteiger partial charge < -0.3 is 9.88 Å². The molecule has 0 aliphatic carbocycles. The van der Waals surface area contributed by atoms with Crippen molar-refractivity contribution in [3.8, 4) is 0 Å². The van der Waals surface area contributed by atoms with Gasteiger partial charge in [-0.15, -0.1) is 0 Å². The first-order valence-corrected chi connectivity index (χ1v) is 9.69. The number of nitrogens with zero attached hydrogens (tertiary/aromatic N) is 2. The van der Waals surface area contributed by atoms with E-state index in [-0.39, 0.29) is 0 Å². The van der Waals surface area contributed by atoms with E-state index in [9.17, 15) is 13.2 Å². The normalized spacial score (nSPS) is 17.5. The van der Waals surface area contributed by atoms with Gasteiger partial charge in [-0.05, 0) is 62.6 Å². The second kappa shape index (κ2) is 7.24. The number of alkyl halides is 3. The molecular formula is C22H24F3N3. The van der Waals surface area contributed by atoms with E-state index in [0.29, 0.717) is 12.5 Å². The van der Waals surface area contributed by atoms with E-state index in [1.807, 2.05) is 0 Å². The van der Waals surface area contributed by atoms with E-state index >= 15 is 0 Å². The maximum absolute atomic E-state index is 12.7. The zero-order valence-electron chi connectivity index (χ0n) is 16.1. The average Bonchev–Trinajstić information content (AvgIpc) is 2.78. The third kappa shape index (κ3) is 3.65. The van der Waals surface area contributed by atoms with Crippen LogP contribution >= 0.6 is 0 Å². The highest BCUT2D eigenvalue weighted by Crippen LogP contribution is 2.31. The first-order valence-electron chi connectivity index (χ1n) is 9.69. The second-order valence-corrected chi connectivity index (χ2v) is 7.71. The Morgan fingerprint density at radius 1 is 1.21 bits per heavy atom. The Kier molecular flexibility index (Phi) is 4.91. The molecule has 0 spiro atoms. The van der Waals surface area contributed by atoms with Gasteiger partial charge in [-0.1, -0.05) is 17.7 Å². The van der Waals surface area contributed by atoms with Crippen LogP contribution in [0.1, 0.15) is 35.0 Å². The number of pyridine rings is 1. The van der Waals surface area contributed by atoms with Crippen molar-refractivity contribution < 1.29 is 13.2 Å². The monoisotopic (exact) mass is 387 g/mol. The molecule has 1 atom stereocenters. The van der Waals surface area contributed by atoms with Crippen LogP contribution in [0.25, 0.3) is 10.9 Å². The van der Waals surface area contributed by atoms with Crippen LogP contribution in [-0.2, 0) is 32.0 Å². The SMILES string of the molecule is Cc1ccc2c(c1)c1c(n2CCc2ccc(C(F)(F)F)nc2)CC(C)NCC1. The predicted molar refractivity (Wildman–Crippen MR) is 104 cm³/mol. The van der Waals surface area contributed by atoms with Crippen LogP contribution in [0.5, 0.6) is 0 Å². The van der Waals surface area contributed by atoms with Crippen molar-refractivity contribution in [2.45, 2.75) is 51.9 Å². The maximum atomic E-state index is 12.7. The Balaban J connectivity index is 1.66. The Morgan fingerprint density at radius 3 is 2.75 bits per heavy atom. The molecule has 3 aromatic rings. The predicted octanol–water partition coefficient (Wildman–Crippen LogP) is 4.68. The average molecular weight is 387 g/mol. The van der Waals surface area contributed by atoms with Crippen LogP contribution in [0, 0.1) is 6.92 Å². The third-order valence-electron chi connectivity index (χ3n) is 5.55. The fourth-order valence-electron chi connectivity index (χ4n) is 4.15. The van der Waals surface area contributed by atoms with Gasteiger partial charge in [0.15, 0.2) is 0 Å². The molecule has 3 nitrogen and oxygen atoms in total. The second-order valence-electron chi connectivity index (χ2n) is 7.71. The quantitative estimate of drug-likeness (QED) is 0.707. The lowest BCUT2D eigenvalue weighted by molar-refractivity contribution is -0.141. The highest BCUT2D eigenvalue weighted by atomic mass is 19.4. The van der Waals surface area contributed by atoms with E-state index in [0.717, 1.165) is 37.6 Å². The lowest BCUT2D eigenvalue weighted by Crippen LogP contribution is -2.28. The molecule has 0 amide bonds. The molecule has 3 heterocycles. The largest absolute Gasteiger partial charge is 0.433 e. The third-order valence-corrected chi connectivity index (χ3v) is 5.55. The van der Waals surface area contributed by atoms with Crippen molar-refractivity contribution in [3.63, 3.8) is 0 Å². The minimum Gasteiger partial charge on any atom is -0.344 e. The van der Waals surface area contributed by atoms with Crippen molar-refractivity contribution in [2.75, 3.05) is 6.54 Å². The van der Waals surface area contributed by atoms with Gasteiger partial charge in [0.2, 0.25) is 0 Å². The van der Waals surface area contributed by atoms with Gasteiger partial charge in [0.25, 0.3) is 0 Å². The van der Waals surface area contributed by atoms with E-state index in [1.54, 1.807) is 0 Å². The van der Waals surface area contributed by atoms with Crippen molar-refractivity contribution in [1.82, 2.24) is 14.9 Å². The molecule has 6 heteroatoms. The number of nitrogens with one attached hydrogen (secondary N) is 1. The Labute approximate surface area is 162 Å². The number of halogens is 3. The highest BCUT2D eigenvalue weighted by Gasteiger charge is 2.32. The number of benzene rings is 1. The van der Waals surface area contributed by atoms with Crippen LogP contribution in [-0.4, -0.2) is 22.1 Å². The molecule has 0 fully saturated rings. The summed E-state index contributed by atoms with van der Waals surface area (Å²) in [6, 6.07) is 9.55. The Hall–Kier alpha value is -2.34. The molecule has 0 radical (unpaired) electrons. The molecule has 28 heavy (non-hydrogen) atoms. The van der Waals surface area contributed by atoms with E-state index < -0.39 is 11.9 Å². The Morgan fingerprint density at radius 2 is 2.04 bits per heavy atom. The minimum atomic E-state index is -4.40. The van der Waals surface area contributed by atoms with Crippen LogP contribution in [0.3, 0.4) is 0 Å². The van der Waals surface area contributed by atoms with Gasteiger partial charge >= 0.3 is 6.18 Å². The zero-order valence-corrected chi connectivity index (χ0v) is 16.1. The van der Waals surface area contributed by atoms with Crippen molar-refractivity contribution in [3.05, 3.63) is 64.6 Å². The number of aryl methyl sites for hydroxylation is 3. The Bertz CT molecular complexity index is 987.